The summed E-state index contributed by atoms with van der Waals surface area (Å²) in [5.41, 5.74) is -1.56. The van der Waals surface area contributed by atoms with Crippen LogP contribution in [-0.4, -0.2) is 16.6 Å². The molecule has 0 saturated heterocycles. The summed E-state index contributed by atoms with van der Waals surface area (Å²) in [6, 6.07) is 0.782. The quantitative estimate of drug-likeness (QED) is 0.851. The van der Waals surface area contributed by atoms with Crippen molar-refractivity contribution in [3.8, 4) is 5.88 Å². The highest BCUT2D eigenvalue weighted by atomic mass is 79.9. The minimum atomic E-state index is -4.94. The van der Waals surface area contributed by atoms with Gasteiger partial charge in [-0.1, -0.05) is 0 Å². The zero-order chi connectivity index (χ0) is 12.5. The van der Waals surface area contributed by atoms with Crippen LogP contribution in [0.2, 0.25) is 0 Å². The van der Waals surface area contributed by atoms with Gasteiger partial charge in [0.25, 0.3) is 10.8 Å². The Hall–Kier alpha value is -1.02. The van der Waals surface area contributed by atoms with Gasteiger partial charge in [-0.15, -0.1) is 13.2 Å². The Labute approximate surface area is 99.5 Å². The van der Waals surface area contributed by atoms with Crippen LogP contribution in [0.4, 0.5) is 13.2 Å². The second-order valence-electron chi connectivity index (χ2n) is 2.51. The number of hydrogen-bond donors (Lipinski definition) is 1. The highest BCUT2D eigenvalue weighted by molar-refractivity contribution is 9.10. The molecule has 1 heterocycles. The Morgan fingerprint density at radius 1 is 1.50 bits per heavy atom. The molecule has 0 saturated carbocycles. The highest BCUT2D eigenvalue weighted by Gasteiger charge is 2.32. The van der Waals surface area contributed by atoms with E-state index in [1.807, 2.05) is 0 Å². The first kappa shape index (κ1) is 13.0. The molecule has 0 atom stereocenters. The molecule has 4 nitrogen and oxygen atoms in total. The van der Waals surface area contributed by atoms with Gasteiger partial charge in [-0.25, -0.2) is 0 Å². The van der Waals surface area contributed by atoms with Crippen LogP contribution in [0, 0.1) is 0 Å². The van der Waals surface area contributed by atoms with Crippen molar-refractivity contribution in [3.63, 3.8) is 0 Å². The molecule has 0 aromatic carbocycles. The average molecular weight is 320 g/mol. The van der Waals surface area contributed by atoms with Crippen LogP contribution >= 0.6 is 27.5 Å². The van der Waals surface area contributed by atoms with Crippen molar-refractivity contribution < 1.29 is 22.7 Å². The number of carbonyl (C=O) groups excluding carboxylic acids is 1. The molecular weight excluding hydrogens is 318 g/mol. The first-order valence-corrected chi connectivity index (χ1v) is 4.76. The van der Waals surface area contributed by atoms with Gasteiger partial charge < -0.3 is 4.74 Å². The van der Waals surface area contributed by atoms with Gasteiger partial charge in [0.15, 0.2) is 0 Å². The van der Waals surface area contributed by atoms with Crippen LogP contribution in [0.3, 0.4) is 0 Å². The van der Waals surface area contributed by atoms with E-state index in [1.165, 1.54) is 0 Å². The van der Waals surface area contributed by atoms with E-state index in [9.17, 15) is 22.8 Å². The molecule has 0 aliphatic carbocycles. The number of aromatic nitrogens is 1. The average Bonchev–Trinajstić information content (AvgIpc) is 1.96. The number of aromatic amines is 1. The van der Waals surface area contributed by atoms with Crippen molar-refractivity contribution in [2.24, 2.45) is 0 Å². The molecule has 0 amide bonds. The summed E-state index contributed by atoms with van der Waals surface area (Å²) in [7, 11) is 0. The largest absolute Gasteiger partial charge is 0.574 e. The van der Waals surface area contributed by atoms with Crippen molar-refractivity contribution in [3.05, 3.63) is 26.5 Å². The lowest BCUT2D eigenvalue weighted by atomic mass is 10.3. The summed E-state index contributed by atoms with van der Waals surface area (Å²) in [4.78, 5) is 23.6. The molecule has 16 heavy (non-hydrogen) atoms. The molecular formula is C7H2BrClF3NO3. The number of hydrogen-bond acceptors (Lipinski definition) is 3. The van der Waals surface area contributed by atoms with Crippen LogP contribution in [0.15, 0.2) is 15.3 Å². The van der Waals surface area contributed by atoms with Crippen LogP contribution in [-0.2, 0) is 0 Å². The Morgan fingerprint density at radius 3 is 2.44 bits per heavy atom. The summed E-state index contributed by atoms with van der Waals surface area (Å²) in [5.74, 6) is -0.842. The fourth-order valence-corrected chi connectivity index (χ4v) is 1.74. The normalized spacial score (nSPS) is 11.3. The SMILES string of the molecule is O=C(Cl)c1c(Br)cc(OC(F)(F)F)[nH]c1=O. The van der Waals surface area contributed by atoms with Crippen molar-refractivity contribution in [2.45, 2.75) is 6.36 Å². The van der Waals surface area contributed by atoms with Crippen LogP contribution < -0.4 is 10.3 Å². The molecule has 88 valence electrons. The molecule has 0 aliphatic rings. The van der Waals surface area contributed by atoms with Crippen LogP contribution in [0.25, 0.3) is 0 Å². The van der Waals surface area contributed by atoms with E-state index in [2.05, 4.69) is 20.7 Å². The van der Waals surface area contributed by atoms with Gasteiger partial charge in [-0.05, 0) is 27.5 Å². The van der Waals surface area contributed by atoms with Crippen molar-refractivity contribution >= 4 is 32.8 Å². The lowest BCUT2D eigenvalue weighted by Gasteiger charge is -2.09. The maximum atomic E-state index is 11.8. The number of pyridine rings is 1. The van der Waals surface area contributed by atoms with E-state index >= 15 is 0 Å². The van der Waals surface area contributed by atoms with Gasteiger partial charge in [0.2, 0.25) is 5.88 Å². The summed E-state index contributed by atoms with van der Waals surface area (Å²) in [5, 5.41) is -1.09. The number of nitrogens with one attached hydrogen (secondary N) is 1. The lowest BCUT2D eigenvalue weighted by molar-refractivity contribution is -0.276. The molecule has 0 aliphatic heterocycles. The molecule has 0 spiro atoms. The van der Waals surface area contributed by atoms with Crippen LogP contribution in [0.1, 0.15) is 10.4 Å². The van der Waals surface area contributed by atoms with Crippen molar-refractivity contribution in [1.29, 1.82) is 0 Å². The van der Waals surface area contributed by atoms with E-state index in [1.54, 1.807) is 4.98 Å². The first-order valence-electron chi connectivity index (χ1n) is 3.59. The number of alkyl halides is 3. The number of rotatable bonds is 2. The first-order chi connectivity index (χ1) is 7.20. The van der Waals surface area contributed by atoms with Gasteiger partial charge in [0.1, 0.15) is 5.56 Å². The molecule has 9 heteroatoms. The highest BCUT2D eigenvalue weighted by Crippen LogP contribution is 2.24. The molecule has 0 unspecified atom stereocenters. The van der Waals surface area contributed by atoms with E-state index in [0.29, 0.717) is 0 Å². The van der Waals surface area contributed by atoms with Crippen LogP contribution in [0.5, 0.6) is 5.88 Å². The van der Waals surface area contributed by atoms with E-state index in [0.717, 1.165) is 6.07 Å². The molecule has 1 rings (SSSR count). The number of ether oxygens (including phenoxy) is 1. The van der Waals surface area contributed by atoms with E-state index < -0.39 is 28.6 Å². The second kappa shape index (κ2) is 4.46. The Bertz CT molecular complexity index is 485. The maximum Gasteiger partial charge on any atom is 0.574 e. The summed E-state index contributed by atoms with van der Waals surface area (Å²) < 4.78 is 38.7. The van der Waals surface area contributed by atoms with Gasteiger partial charge in [0, 0.05) is 10.5 Å². The number of halogens is 5. The molecule has 0 radical (unpaired) electrons. The minimum Gasteiger partial charge on any atom is -0.390 e. The maximum absolute atomic E-state index is 11.8. The third kappa shape index (κ3) is 3.24. The Kier molecular flexibility index (Phi) is 3.64. The monoisotopic (exact) mass is 319 g/mol. The summed E-state index contributed by atoms with van der Waals surface area (Å²) in [6.07, 6.45) is -4.94. The Morgan fingerprint density at radius 2 is 2.06 bits per heavy atom. The third-order valence-corrected chi connectivity index (χ3v) is 2.20. The van der Waals surface area contributed by atoms with Crippen molar-refractivity contribution in [1.82, 2.24) is 4.98 Å². The van der Waals surface area contributed by atoms with Gasteiger partial charge >= 0.3 is 6.36 Å². The zero-order valence-electron chi connectivity index (χ0n) is 7.19. The summed E-state index contributed by atoms with van der Waals surface area (Å²) in [6.45, 7) is 0. The fraction of sp³-hybridized carbons (Fsp3) is 0.143. The zero-order valence-corrected chi connectivity index (χ0v) is 9.53. The predicted octanol–water partition coefficient (Wildman–Crippen LogP) is 2.41. The minimum absolute atomic E-state index is 0.185. The fourth-order valence-electron chi connectivity index (χ4n) is 0.869. The van der Waals surface area contributed by atoms with Gasteiger partial charge in [0.05, 0.1) is 0 Å². The second-order valence-corrected chi connectivity index (χ2v) is 3.70. The van der Waals surface area contributed by atoms with E-state index in [-0.39, 0.29) is 4.47 Å². The third-order valence-electron chi connectivity index (χ3n) is 1.38. The summed E-state index contributed by atoms with van der Waals surface area (Å²) >= 11 is 7.78. The topological polar surface area (TPSA) is 59.2 Å². The molecule has 1 aromatic heterocycles. The smallest absolute Gasteiger partial charge is 0.390 e. The molecule has 1 N–H and O–H groups in total. The van der Waals surface area contributed by atoms with Gasteiger partial charge in [-0.2, -0.15) is 0 Å². The van der Waals surface area contributed by atoms with E-state index in [4.69, 9.17) is 11.6 Å². The lowest BCUT2D eigenvalue weighted by Crippen LogP contribution is -2.22. The van der Waals surface area contributed by atoms with Crippen molar-refractivity contribution in [2.75, 3.05) is 0 Å². The molecule has 0 bridgehead atoms. The number of H-pyrrole nitrogens is 1. The standard InChI is InChI=1S/C7H2BrClF3NO3/c8-2-1-3(16-7(10,11)12)13-6(15)4(2)5(9)14/h1H,(H,13,15). The predicted molar refractivity (Wildman–Crippen MR) is 51.6 cm³/mol. The molecule has 0 fully saturated rings. The molecule has 1 aromatic rings. The van der Waals surface area contributed by atoms with Gasteiger partial charge in [-0.3, -0.25) is 14.6 Å². The Balaban J connectivity index is 3.21. The number of carbonyl (C=O) groups is 1.